The van der Waals surface area contributed by atoms with Crippen molar-refractivity contribution < 1.29 is 8.42 Å². The molecule has 7 heteroatoms. The second-order valence-corrected chi connectivity index (χ2v) is 7.29. The molecule has 0 aliphatic heterocycles. The number of nitrogens with zero attached hydrogens (tertiary/aromatic N) is 1. The van der Waals surface area contributed by atoms with Gasteiger partial charge in [0.05, 0.1) is 5.69 Å². The molecule has 0 spiro atoms. The molecule has 5 nitrogen and oxygen atoms in total. The Balaban J connectivity index is 2.64. The van der Waals surface area contributed by atoms with E-state index in [2.05, 4.69) is 26.0 Å². The number of anilines is 1. The zero-order chi connectivity index (χ0) is 15.2. The summed E-state index contributed by atoms with van der Waals surface area (Å²) < 4.78 is 29.2. The van der Waals surface area contributed by atoms with Crippen molar-refractivity contribution in [2.45, 2.75) is 20.3 Å². The van der Waals surface area contributed by atoms with E-state index in [0.29, 0.717) is 12.2 Å². The van der Waals surface area contributed by atoms with E-state index in [1.807, 2.05) is 26.0 Å². The maximum absolute atomic E-state index is 12.2. The maximum Gasteiger partial charge on any atom is 0.301 e. The van der Waals surface area contributed by atoms with Crippen molar-refractivity contribution in [1.82, 2.24) is 9.62 Å². The van der Waals surface area contributed by atoms with Crippen molar-refractivity contribution in [1.29, 1.82) is 0 Å². The van der Waals surface area contributed by atoms with Gasteiger partial charge in [-0.25, -0.2) is 0 Å². The van der Waals surface area contributed by atoms with Gasteiger partial charge in [-0.3, -0.25) is 4.72 Å². The van der Waals surface area contributed by atoms with Crippen LogP contribution in [0, 0.1) is 6.92 Å². The van der Waals surface area contributed by atoms with Gasteiger partial charge in [-0.2, -0.15) is 12.7 Å². The highest BCUT2D eigenvalue weighted by atomic mass is 79.9. The van der Waals surface area contributed by atoms with E-state index in [1.54, 1.807) is 13.1 Å². The first-order valence-electron chi connectivity index (χ1n) is 6.57. The molecule has 0 aromatic heterocycles. The lowest BCUT2D eigenvalue weighted by molar-refractivity contribution is 0.459. The largest absolute Gasteiger partial charge is 0.317 e. The molecule has 20 heavy (non-hydrogen) atoms. The Kier molecular flexibility index (Phi) is 6.94. The van der Waals surface area contributed by atoms with Crippen LogP contribution in [0.3, 0.4) is 0 Å². The highest BCUT2D eigenvalue weighted by Crippen LogP contribution is 2.21. The van der Waals surface area contributed by atoms with Crippen molar-refractivity contribution >= 4 is 31.8 Å². The zero-order valence-corrected chi connectivity index (χ0v) is 14.5. The summed E-state index contributed by atoms with van der Waals surface area (Å²) in [4.78, 5) is 0. The first kappa shape index (κ1) is 17.4. The first-order valence-corrected chi connectivity index (χ1v) is 8.81. The molecule has 1 aromatic rings. The second kappa shape index (κ2) is 7.97. The summed E-state index contributed by atoms with van der Waals surface area (Å²) in [5.41, 5.74) is 1.48. The normalized spacial score (nSPS) is 11.8. The fourth-order valence-electron chi connectivity index (χ4n) is 1.68. The summed E-state index contributed by atoms with van der Waals surface area (Å²) in [5.74, 6) is 0. The Morgan fingerprint density at radius 2 is 2.05 bits per heavy atom. The van der Waals surface area contributed by atoms with Crippen LogP contribution < -0.4 is 10.0 Å². The molecule has 0 amide bonds. The van der Waals surface area contributed by atoms with Gasteiger partial charge in [0, 0.05) is 18.1 Å². The predicted molar refractivity (Wildman–Crippen MR) is 87.2 cm³/mol. The molecule has 0 bridgehead atoms. The van der Waals surface area contributed by atoms with Crippen molar-refractivity contribution in [3.63, 3.8) is 0 Å². The minimum absolute atomic E-state index is 0.484. The third-order valence-corrected chi connectivity index (χ3v) is 4.89. The number of benzene rings is 1. The molecule has 1 aromatic carbocycles. The average molecular weight is 364 g/mol. The fourth-order valence-corrected chi connectivity index (χ4v) is 3.19. The quantitative estimate of drug-likeness (QED) is 0.696. The molecule has 0 saturated heterocycles. The molecule has 2 N–H and O–H groups in total. The SMILES string of the molecule is CCNCCCN(C)S(=O)(=O)Nc1ccc(Br)cc1C. The Labute approximate surface area is 130 Å². The van der Waals surface area contributed by atoms with Crippen LogP contribution in [0.15, 0.2) is 22.7 Å². The third-order valence-electron chi connectivity index (χ3n) is 2.91. The van der Waals surface area contributed by atoms with Gasteiger partial charge in [0.15, 0.2) is 0 Å². The van der Waals surface area contributed by atoms with Gasteiger partial charge in [-0.15, -0.1) is 0 Å². The monoisotopic (exact) mass is 363 g/mol. The lowest BCUT2D eigenvalue weighted by Crippen LogP contribution is -2.34. The molecule has 0 saturated carbocycles. The summed E-state index contributed by atoms with van der Waals surface area (Å²) >= 11 is 3.36. The molecular formula is C13H22BrN3O2S. The second-order valence-electron chi connectivity index (χ2n) is 4.59. The maximum atomic E-state index is 12.2. The minimum Gasteiger partial charge on any atom is -0.317 e. The van der Waals surface area contributed by atoms with Gasteiger partial charge in [0.25, 0.3) is 0 Å². The number of rotatable bonds is 8. The summed E-state index contributed by atoms with van der Waals surface area (Å²) in [6, 6.07) is 5.45. The van der Waals surface area contributed by atoms with Gasteiger partial charge in [-0.1, -0.05) is 22.9 Å². The summed E-state index contributed by atoms with van der Waals surface area (Å²) in [7, 11) is -1.91. The minimum atomic E-state index is -3.50. The van der Waals surface area contributed by atoms with Gasteiger partial charge >= 0.3 is 10.2 Å². The zero-order valence-electron chi connectivity index (χ0n) is 12.1. The summed E-state index contributed by atoms with van der Waals surface area (Å²) in [6.07, 6.45) is 0.782. The standard InChI is InChI=1S/C13H22BrN3O2S/c1-4-15-8-5-9-17(3)20(18,19)16-13-7-6-12(14)10-11(13)2/h6-7,10,15-16H,4-5,8-9H2,1-3H3. The highest BCUT2D eigenvalue weighted by molar-refractivity contribution is 9.10. The van der Waals surface area contributed by atoms with E-state index < -0.39 is 10.2 Å². The fraction of sp³-hybridized carbons (Fsp3) is 0.538. The van der Waals surface area contributed by atoms with Crippen LogP contribution >= 0.6 is 15.9 Å². The van der Waals surface area contributed by atoms with Gasteiger partial charge in [0.1, 0.15) is 0 Å². The first-order chi connectivity index (χ1) is 9.36. The van der Waals surface area contributed by atoms with Crippen LogP contribution in [0.2, 0.25) is 0 Å². The molecule has 114 valence electrons. The van der Waals surface area contributed by atoms with Crippen LogP contribution in [-0.4, -0.2) is 39.4 Å². The molecule has 0 radical (unpaired) electrons. The van der Waals surface area contributed by atoms with E-state index in [9.17, 15) is 8.42 Å². The Morgan fingerprint density at radius 3 is 2.65 bits per heavy atom. The van der Waals surface area contributed by atoms with Gasteiger partial charge in [0.2, 0.25) is 0 Å². The molecule has 0 aliphatic rings. The van der Waals surface area contributed by atoms with Crippen LogP contribution in [-0.2, 0) is 10.2 Å². The van der Waals surface area contributed by atoms with Crippen molar-refractivity contribution in [2.24, 2.45) is 0 Å². The molecule has 0 heterocycles. The predicted octanol–water partition coefficient (Wildman–Crippen LogP) is 2.35. The molecule has 1 rings (SSSR count). The van der Waals surface area contributed by atoms with E-state index in [-0.39, 0.29) is 0 Å². The van der Waals surface area contributed by atoms with Crippen molar-refractivity contribution in [2.75, 3.05) is 31.4 Å². The Morgan fingerprint density at radius 1 is 1.35 bits per heavy atom. The Hall–Kier alpha value is -0.630. The highest BCUT2D eigenvalue weighted by Gasteiger charge is 2.17. The molecule has 0 fully saturated rings. The van der Waals surface area contributed by atoms with E-state index in [0.717, 1.165) is 29.5 Å². The van der Waals surface area contributed by atoms with Gasteiger partial charge < -0.3 is 5.32 Å². The number of hydrogen-bond donors (Lipinski definition) is 2. The number of hydrogen-bond acceptors (Lipinski definition) is 3. The summed E-state index contributed by atoms with van der Waals surface area (Å²) in [6.45, 7) is 6.09. The number of halogens is 1. The Bertz CT molecular complexity index is 534. The van der Waals surface area contributed by atoms with E-state index in [1.165, 1.54) is 4.31 Å². The topological polar surface area (TPSA) is 61.4 Å². The number of nitrogens with one attached hydrogen (secondary N) is 2. The lowest BCUT2D eigenvalue weighted by atomic mass is 10.2. The third kappa shape index (κ3) is 5.40. The lowest BCUT2D eigenvalue weighted by Gasteiger charge is -2.19. The van der Waals surface area contributed by atoms with Crippen LogP contribution in [0.5, 0.6) is 0 Å². The van der Waals surface area contributed by atoms with Crippen LogP contribution in [0.1, 0.15) is 18.9 Å². The molecule has 0 unspecified atom stereocenters. The van der Waals surface area contributed by atoms with E-state index >= 15 is 0 Å². The van der Waals surface area contributed by atoms with Crippen LogP contribution in [0.25, 0.3) is 0 Å². The van der Waals surface area contributed by atoms with Crippen LogP contribution in [0.4, 0.5) is 5.69 Å². The smallest absolute Gasteiger partial charge is 0.301 e. The van der Waals surface area contributed by atoms with Crippen molar-refractivity contribution in [3.8, 4) is 0 Å². The molecule has 0 aliphatic carbocycles. The molecular weight excluding hydrogens is 342 g/mol. The van der Waals surface area contributed by atoms with Gasteiger partial charge in [-0.05, 0) is 50.2 Å². The average Bonchev–Trinajstić information content (AvgIpc) is 2.37. The molecule has 0 atom stereocenters. The van der Waals surface area contributed by atoms with E-state index in [4.69, 9.17) is 0 Å². The number of aryl methyl sites for hydroxylation is 1. The summed E-state index contributed by atoms with van der Waals surface area (Å²) in [5, 5.41) is 3.17. The van der Waals surface area contributed by atoms with Crippen molar-refractivity contribution in [3.05, 3.63) is 28.2 Å².